The number of nitrogens with zero attached hydrogens (tertiary/aromatic N) is 3. The van der Waals surface area contributed by atoms with Gasteiger partial charge in [-0.15, -0.1) is 0 Å². The van der Waals surface area contributed by atoms with Gasteiger partial charge in [0.15, 0.2) is 14.6 Å². The van der Waals surface area contributed by atoms with Crippen LogP contribution in [0.25, 0.3) is 10.8 Å². The van der Waals surface area contributed by atoms with E-state index in [1.54, 1.807) is 24.0 Å². The second kappa shape index (κ2) is 10.5. The Morgan fingerprint density at radius 1 is 1.21 bits per heavy atom. The number of hydrogen-bond acceptors (Lipinski definition) is 6. The largest absolute Gasteiger partial charge is 0.388 e. The molecule has 0 saturated carbocycles. The summed E-state index contributed by atoms with van der Waals surface area (Å²) in [5, 5.41) is 11.6. The molecule has 1 saturated heterocycles. The maximum Gasteiger partial charge on any atom is 0.223 e. The van der Waals surface area contributed by atoms with Crippen molar-refractivity contribution in [2.45, 2.75) is 43.2 Å². The molecule has 1 aliphatic rings. The van der Waals surface area contributed by atoms with Crippen LogP contribution in [0.15, 0.2) is 52.5 Å². The standard InChI is InChI=1S/C24H28IN3O4S2/c1-16(29)22-15-27(2)24(33-22)26-20-7-10-28(11-8-20)23(30)9-12-34(31,32)21-6-4-17-13-19(25)5-3-18(17)14-21/h3-6,13-16,20,29H,7-12H2,1-2H3/b26-24-. The van der Waals surface area contributed by atoms with Gasteiger partial charge in [0.2, 0.25) is 5.91 Å². The highest BCUT2D eigenvalue weighted by atomic mass is 127. The van der Waals surface area contributed by atoms with Gasteiger partial charge in [-0.2, -0.15) is 0 Å². The number of piperidine rings is 1. The van der Waals surface area contributed by atoms with Gasteiger partial charge in [-0.25, -0.2) is 8.42 Å². The molecule has 1 atom stereocenters. The quantitative estimate of drug-likeness (QED) is 0.430. The second-order valence-electron chi connectivity index (χ2n) is 8.67. The number of amides is 1. The number of aliphatic hydroxyl groups is 1. The third-order valence-electron chi connectivity index (χ3n) is 6.07. The number of carbonyl (C=O) groups is 1. The van der Waals surface area contributed by atoms with Crippen LogP contribution >= 0.6 is 33.9 Å². The Labute approximate surface area is 217 Å². The van der Waals surface area contributed by atoms with Gasteiger partial charge >= 0.3 is 0 Å². The first-order chi connectivity index (χ1) is 16.1. The number of aliphatic hydroxyl groups excluding tert-OH is 1. The number of fused-ring (bicyclic) bond motifs is 1. The number of hydrogen-bond donors (Lipinski definition) is 1. The van der Waals surface area contributed by atoms with Gasteiger partial charge in [0.1, 0.15) is 0 Å². The highest BCUT2D eigenvalue weighted by Gasteiger charge is 2.25. The molecule has 2 heterocycles. The Kier molecular flexibility index (Phi) is 7.80. The Morgan fingerprint density at radius 3 is 2.56 bits per heavy atom. The number of rotatable bonds is 6. The lowest BCUT2D eigenvalue weighted by Gasteiger charge is -2.30. The zero-order chi connectivity index (χ0) is 24.5. The maximum absolute atomic E-state index is 12.9. The average molecular weight is 614 g/mol. The lowest BCUT2D eigenvalue weighted by Crippen LogP contribution is -2.40. The molecule has 1 N–H and O–H groups in total. The minimum Gasteiger partial charge on any atom is -0.388 e. The normalized spacial score (nSPS) is 16.8. The van der Waals surface area contributed by atoms with Gasteiger partial charge in [-0.05, 0) is 77.4 Å². The third kappa shape index (κ3) is 5.89. The smallest absolute Gasteiger partial charge is 0.223 e. The molecule has 1 fully saturated rings. The molecule has 1 amide bonds. The molecular formula is C24H28IN3O4S2. The van der Waals surface area contributed by atoms with Crippen LogP contribution < -0.4 is 4.80 Å². The van der Waals surface area contributed by atoms with Gasteiger partial charge in [0.25, 0.3) is 0 Å². The molecule has 0 spiro atoms. The van der Waals surface area contributed by atoms with Gasteiger partial charge in [-0.1, -0.05) is 23.5 Å². The molecule has 0 bridgehead atoms. The summed E-state index contributed by atoms with van der Waals surface area (Å²) in [6.45, 7) is 2.88. The van der Waals surface area contributed by atoms with E-state index in [1.165, 1.54) is 11.3 Å². The predicted molar refractivity (Wildman–Crippen MR) is 142 cm³/mol. The summed E-state index contributed by atoms with van der Waals surface area (Å²) in [5.74, 6) is -0.324. The first-order valence-corrected chi connectivity index (χ1v) is 14.8. The molecule has 4 rings (SSSR count). The van der Waals surface area contributed by atoms with Crippen LogP contribution in [-0.4, -0.2) is 53.8 Å². The lowest BCUT2D eigenvalue weighted by atomic mass is 10.1. The molecule has 1 aromatic heterocycles. The fourth-order valence-electron chi connectivity index (χ4n) is 4.05. The molecule has 2 aromatic carbocycles. The first-order valence-electron chi connectivity index (χ1n) is 11.2. The minimum absolute atomic E-state index is 0.0213. The van der Waals surface area contributed by atoms with Crippen molar-refractivity contribution in [1.29, 1.82) is 0 Å². The van der Waals surface area contributed by atoms with Crippen molar-refractivity contribution in [3.63, 3.8) is 0 Å². The fourth-order valence-corrected chi connectivity index (χ4v) is 6.81. The number of benzene rings is 2. The van der Waals surface area contributed by atoms with Gasteiger partial charge < -0.3 is 14.6 Å². The van der Waals surface area contributed by atoms with Crippen LogP contribution in [0.4, 0.5) is 0 Å². The van der Waals surface area contributed by atoms with E-state index in [0.717, 1.165) is 36.9 Å². The first kappa shape index (κ1) is 25.3. The van der Waals surface area contributed by atoms with Crippen LogP contribution in [0, 0.1) is 3.57 Å². The van der Waals surface area contributed by atoms with Crippen LogP contribution in [0.1, 0.15) is 37.2 Å². The Hall–Kier alpha value is -1.76. The molecule has 7 nitrogen and oxygen atoms in total. The van der Waals surface area contributed by atoms with Crippen molar-refractivity contribution in [2.75, 3.05) is 18.8 Å². The number of carbonyl (C=O) groups excluding carboxylic acids is 1. The van der Waals surface area contributed by atoms with Crippen LogP contribution in [0.5, 0.6) is 0 Å². The Morgan fingerprint density at radius 2 is 1.88 bits per heavy atom. The summed E-state index contributed by atoms with van der Waals surface area (Å²) in [4.78, 5) is 21.3. The number of sulfone groups is 1. The Bertz CT molecular complexity index is 1370. The number of likely N-dealkylation sites (tertiary alicyclic amines) is 1. The number of halogens is 1. The van der Waals surface area contributed by atoms with Crippen LogP contribution in [-0.2, 0) is 21.7 Å². The minimum atomic E-state index is -3.55. The monoisotopic (exact) mass is 613 g/mol. The van der Waals surface area contributed by atoms with E-state index in [0.29, 0.717) is 13.1 Å². The molecule has 1 aliphatic heterocycles. The summed E-state index contributed by atoms with van der Waals surface area (Å²) < 4.78 is 28.7. The molecular weight excluding hydrogens is 585 g/mol. The number of aromatic nitrogens is 1. The topological polar surface area (TPSA) is 92.0 Å². The van der Waals surface area contributed by atoms with Crippen molar-refractivity contribution in [2.24, 2.45) is 12.0 Å². The van der Waals surface area contributed by atoms with E-state index < -0.39 is 15.9 Å². The van der Waals surface area contributed by atoms with Crippen molar-refractivity contribution in [3.8, 4) is 0 Å². The third-order valence-corrected chi connectivity index (χ3v) is 9.71. The van der Waals surface area contributed by atoms with E-state index in [9.17, 15) is 18.3 Å². The van der Waals surface area contributed by atoms with Crippen molar-refractivity contribution in [1.82, 2.24) is 9.47 Å². The lowest BCUT2D eigenvalue weighted by molar-refractivity contribution is -0.131. The maximum atomic E-state index is 12.9. The van der Waals surface area contributed by atoms with E-state index in [-0.39, 0.29) is 29.0 Å². The Balaban J connectivity index is 1.34. The molecule has 0 radical (unpaired) electrons. The SMILES string of the molecule is CC(O)c1cn(C)/c(=N/C2CCN(C(=O)CCS(=O)(=O)c3ccc4cc(I)ccc4c3)CC2)s1. The van der Waals surface area contributed by atoms with E-state index in [2.05, 4.69) is 22.6 Å². The number of aryl methyl sites for hydroxylation is 1. The predicted octanol–water partition coefficient (Wildman–Crippen LogP) is 3.65. The van der Waals surface area contributed by atoms with Gasteiger partial charge in [-0.3, -0.25) is 9.79 Å². The van der Waals surface area contributed by atoms with Gasteiger partial charge in [0, 0.05) is 36.3 Å². The molecule has 1 unspecified atom stereocenters. The summed E-state index contributed by atoms with van der Waals surface area (Å²) in [6, 6.07) is 11.1. The van der Waals surface area contributed by atoms with E-state index in [4.69, 9.17) is 4.99 Å². The van der Waals surface area contributed by atoms with Crippen LogP contribution in [0.2, 0.25) is 0 Å². The van der Waals surface area contributed by atoms with Crippen molar-refractivity contribution < 1.29 is 18.3 Å². The summed E-state index contributed by atoms with van der Waals surface area (Å²) >= 11 is 3.71. The van der Waals surface area contributed by atoms with E-state index in [1.807, 2.05) is 42.1 Å². The molecule has 0 aliphatic carbocycles. The molecule has 10 heteroatoms. The van der Waals surface area contributed by atoms with Gasteiger partial charge in [0.05, 0.1) is 27.7 Å². The van der Waals surface area contributed by atoms with Crippen LogP contribution in [0.3, 0.4) is 0 Å². The van der Waals surface area contributed by atoms with E-state index >= 15 is 0 Å². The van der Waals surface area contributed by atoms with Crippen molar-refractivity contribution in [3.05, 3.63) is 55.8 Å². The average Bonchev–Trinajstić information content (AvgIpc) is 3.18. The second-order valence-corrected chi connectivity index (χ2v) is 13.1. The summed E-state index contributed by atoms with van der Waals surface area (Å²) in [7, 11) is -1.63. The fraction of sp³-hybridized carbons (Fsp3) is 0.417. The molecule has 182 valence electrons. The van der Waals surface area contributed by atoms with Crippen molar-refractivity contribution >= 4 is 60.4 Å². The summed E-state index contributed by atoms with van der Waals surface area (Å²) in [5.41, 5.74) is 0. The zero-order valence-electron chi connectivity index (χ0n) is 19.1. The summed E-state index contributed by atoms with van der Waals surface area (Å²) in [6.07, 6.45) is 2.83. The molecule has 3 aromatic rings. The highest BCUT2D eigenvalue weighted by Crippen LogP contribution is 2.23. The highest BCUT2D eigenvalue weighted by molar-refractivity contribution is 14.1. The zero-order valence-corrected chi connectivity index (χ0v) is 22.9. The molecule has 34 heavy (non-hydrogen) atoms. The number of thiazole rings is 1.